The predicted molar refractivity (Wildman–Crippen MR) is 81.6 cm³/mol. The van der Waals surface area contributed by atoms with Crippen molar-refractivity contribution in [3.05, 3.63) is 52.0 Å². The number of benzene rings is 1. The minimum absolute atomic E-state index is 0.133. The van der Waals surface area contributed by atoms with Crippen LogP contribution in [0.4, 0.5) is 4.79 Å². The number of hydrogen-bond acceptors (Lipinski definition) is 5. The summed E-state index contributed by atoms with van der Waals surface area (Å²) in [5, 5.41) is 12.4. The van der Waals surface area contributed by atoms with E-state index in [9.17, 15) is 9.59 Å². The smallest absolute Gasteiger partial charge is 0.407 e. The van der Waals surface area contributed by atoms with Crippen LogP contribution in [0.1, 0.15) is 27.9 Å². The average molecular weight is 320 g/mol. The Labute approximate surface area is 131 Å². The van der Waals surface area contributed by atoms with Gasteiger partial charge in [-0.25, -0.2) is 9.78 Å². The number of hydrogen-bond donors (Lipinski definition) is 2. The van der Waals surface area contributed by atoms with E-state index >= 15 is 0 Å². The van der Waals surface area contributed by atoms with Crippen LogP contribution in [0.15, 0.2) is 36.5 Å². The van der Waals surface area contributed by atoms with Gasteiger partial charge < -0.3 is 15.2 Å². The van der Waals surface area contributed by atoms with Gasteiger partial charge >= 0.3 is 12.1 Å². The minimum atomic E-state index is -1.00. The van der Waals surface area contributed by atoms with Crippen molar-refractivity contribution in [3.8, 4) is 0 Å². The van der Waals surface area contributed by atoms with Crippen LogP contribution in [-0.4, -0.2) is 22.2 Å². The monoisotopic (exact) mass is 320 g/mol. The number of nitrogens with one attached hydrogen (secondary N) is 1. The Morgan fingerprint density at radius 1 is 1.36 bits per heavy atom. The molecule has 0 radical (unpaired) electrons. The summed E-state index contributed by atoms with van der Waals surface area (Å²) < 4.78 is 5.11. The third-order valence-electron chi connectivity index (χ3n) is 2.87. The number of aromatic nitrogens is 1. The Bertz CT molecular complexity index is 642. The van der Waals surface area contributed by atoms with E-state index in [1.165, 1.54) is 11.3 Å². The number of alkyl carbamates (subject to hydrolysis) is 1. The van der Waals surface area contributed by atoms with Crippen LogP contribution in [0.25, 0.3) is 0 Å². The van der Waals surface area contributed by atoms with Gasteiger partial charge in [-0.2, -0.15) is 0 Å². The first kappa shape index (κ1) is 16.0. The molecule has 0 spiro atoms. The number of aryl methyl sites for hydroxylation is 1. The molecule has 6 nitrogen and oxygen atoms in total. The summed E-state index contributed by atoms with van der Waals surface area (Å²) in [4.78, 5) is 27.6. The van der Waals surface area contributed by atoms with E-state index in [4.69, 9.17) is 9.84 Å². The highest BCUT2D eigenvalue weighted by molar-refractivity contribution is 7.11. The second-order valence-electron chi connectivity index (χ2n) is 4.64. The van der Waals surface area contributed by atoms with E-state index in [0.29, 0.717) is 4.88 Å². The number of carboxylic acids is 1. The zero-order valence-electron chi connectivity index (χ0n) is 12.0. The van der Waals surface area contributed by atoms with Gasteiger partial charge in [0.2, 0.25) is 0 Å². The van der Waals surface area contributed by atoms with Gasteiger partial charge in [-0.1, -0.05) is 30.3 Å². The summed E-state index contributed by atoms with van der Waals surface area (Å²) in [6, 6.07) is 8.61. The van der Waals surface area contributed by atoms with Gasteiger partial charge in [0.05, 0.1) is 17.5 Å². The van der Waals surface area contributed by atoms with Crippen LogP contribution >= 0.6 is 11.3 Å². The third kappa shape index (κ3) is 4.85. The van der Waals surface area contributed by atoms with Crippen molar-refractivity contribution in [2.75, 3.05) is 0 Å². The Morgan fingerprint density at radius 2 is 2.09 bits per heavy atom. The molecule has 0 fully saturated rings. The Morgan fingerprint density at radius 3 is 2.68 bits per heavy atom. The number of aliphatic carboxylic acids is 1. The lowest BCUT2D eigenvalue weighted by Gasteiger charge is -2.15. The minimum Gasteiger partial charge on any atom is -0.481 e. The summed E-state index contributed by atoms with van der Waals surface area (Å²) in [5.41, 5.74) is 0.862. The fourth-order valence-electron chi connectivity index (χ4n) is 1.84. The fourth-order valence-corrected chi connectivity index (χ4v) is 2.68. The quantitative estimate of drug-likeness (QED) is 0.854. The second-order valence-corrected chi connectivity index (χ2v) is 5.90. The Hall–Kier alpha value is -2.41. The van der Waals surface area contributed by atoms with E-state index in [2.05, 4.69) is 10.3 Å². The van der Waals surface area contributed by atoms with Gasteiger partial charge in [-0.05, 0) is 12.5 Å². The van der Waals surface area contributed by atoms with E-state index < -0.39 is 18.1 Å². The molecule has 7 heteroatoms. The lowest BCUT2D eigenvalue weighted by molar-refractivity contribution is -0.137. The number of carbonyl (C=O) groups is 2. The van der Waals surface area contributed by atoms with Crippen molar-refractivity contribution in [2.24, 2.45) is 0 Å². The first-order valence-corrected chi connectivity index (χ1v) is 7.47. The molecule has 0 unspecified atom stereocenters. The van der Waals surface area contributed by atoms with E-state index in [1.807, 2.05) is 37.3 Å². The lowest BCUT2D eigenvalue weighted by atomic mass is 10.2. The van der Waals surface area contributed by atoms with E-state index in [-0.39, 0.29) is 13.0 Å². The van der Waals surface area contributed by atoms with Gasteiger partial charge in [-0.3, -0.25) is 4.79 Å². The maximum absolute atomic E-state index is 11.8. The zero-order valence-corrected chi connectivity index (χ0v) is 12.8. The zero-order chi connectivity index (χ0) is 15.9. The van der Waals surface area contributed by atoms with Gasteiger partial charge in [0, 0.05) is 11.1 Å². The molecule has 0 aliphatic heterocycles. The Kier molecular flexibility index (Phi) is 5.48. The molecule has 0 saturated carbocycles. The van der Waals surface area contributed by atoms with Crippen LogP contribution < -0.4 is 5.32 Å². The van der Waals surface area contributed by atoms with Crippen LogP contribution in [0.3, 0.4) is 0 Å². The molecule has 2 N–H and O–H groups in total. The number of rotatable bonds is 6. The van der Waals surface area contributed by atoms with Crippen molar-refractivity contribution in [2.45, 2.75) is 26.0 Å². The van der Waals surface area contributed by atoms with Crippen molar-refractivity contribution in [1.29, 1.82) is 0 Å². The molecule has 0 aliphatic carbocycles. The molecular weight excluding hydrogens is 304 g/mol. The third-order valence-corrected chi connectivity index (χ3v) is 3.89. The molecule has 1 atom stereocenters. The normalized spacial score (nSPS) is 11.7. The molecule has 2 rings (SSSR count). The van der Waals surface area contributed by atoms with Gasteiger partial charge in [0.1, 0.15) is 6.61 Å². The largest absolute Gasteiger partial charge is 0.481 e. The molecule has 1 heterocycles. The second kappa shape index (κ2) is 7.56. The Balaban J connectivity index is 1.94. The molecule has 22 heavy (non-hydrogen) atoms. The maximum Gasteiger partial charge on any atom is 0.407 e. The summed E-state index contributed by atoms with van der Waals surface area (Å²) in [5.74, 6) is -1.00. The number of ether oxygens (including phenoxy) is 1. The highest BCUT2D eigenvalue weighted by Gasteiger charge is 2.20. The van der Waals surface area contributed by atoms with Crippen LogP contribution in [-0.2, 0) is 16.1 Å². The highest BCUT2D eigenvalue weighted by Crippen LogP contribution is 2.23. The topological polar surface area (TPSA) is 88.5 Å². The van der Waals surface area contributed by atoms with Gasteiger partial charge in [-0.15, -0.1) is 11.3 Å². The molecule has 0 saturated heterocycles. The van der Waals surface area contributed by atoms with Crippen LogP contribution in [0.5, 0.6) is 0 Å². The summed E-state index contributed by atoms with van der Waals surface area (Å²) >= 11 is 1.35. The molecule has 1 aromatic heterocycles. The molecule has 0 aliphatic rings. The van der Waals surface area contributed by atoms with Crippen molar-refractivity contribution >= 4 is 23.4 Å². The summed E-state index contributed by atoms with van der Waals surface area (Å²) in [6.45, 7) is 1.95. The standard InChI is InChI=1S/C15H16N2O4S/c1-10-16-8-13(22-10)12(7-14(18)19)17-15(20)21-9-11-5-3-2-4-6-11/h2-6,8,12H,7,9H2,1H3,(H,17,20)(H,18,19)/t12-/m1/s1. The predicted octanol–water partition coefficient (Wildman–Crippen LogP) is 2.89. The molecule has 1 amide bonds. The SMILES string of the molecule is Cc1ncc([C@@H](CC(=O)O)NC(=O)OCc2ccccc2)s1. The van der Waals surface area contributed by atoms with Crippen molar-refractivity contribution in [1.82, 2.24) is 10.3 Å². The highest BCUT2D eigenvalue weighted by atomic mass is 32.1. The molecular formula is C15H16N2O4S. The average Bonchev–Trinajstić information content (AvgIpc) is 2.92. The molecule has 2 aromatic rings. The number of thiazole rings is 1. The first-order chi connectivity index (χ1) is 10.5. The van der Waals surface area contributed by atoms with Gasteiger partial charge in [0.15, 0.2) is 0 Å². The van der Waals surface area contributed by atoms with Crippen molar-refractivity contribution in [3.63, 3.8) is 0 Å². The van der Waals surface area contributed by atoms with E-state index in [1.54, 1.807) is 6.20 Å². The fraction of sp³-hybridized carbons (Fsp3) is 0.267. The summed E-state index contributed by atoms with van der Waals surface area (Å²) in [6.07, 6.45) is 0.703. The number of carboxylic acid groups (broad SMARTS) is 1. The maximum atomic E-state index is 11.8. The van der Waals surface area contributed by atoms with E-state index in [0.717, 1.165) is 10.6 Å². The number of nitrogens with zero attached hydrogens (tertiary/aromatic N) is 1. The molecule has 116 valence electrons. The molecule has 0 bridgehead atoms. The van der Waals surface area contributed by atoms with Crippen LogP contribution in [0, 0.1) is 6.92 Å². The molecule has 1 aromatic carbocycles. The number of carbonyl (C=O) groups excluding carboxylic acids is 1. The summed E-state index contributed by atoms with van der Waals surface area (Å²) in [7, 11) is 0. The first-order valence-electron chi connectivity index (χ1n) is 6.66. The number of amides is 1. The van der Waals surface area contributed by atoms with Gasteiger partial charge in [0.25, 0.3) is 0 Å². The lowest BCUT2D eigenvalue weighted by Crippen LogP contribution is -2.30. The van der Waals surface area contributed by atoms with Crippen LogP contribution in [0.2, 0.25) is 0 Å². The van der Waals surface area contributed by atoms with Crippen molar-refractivity contribution < 1.29 is 19.4 Å².